The maximum Gasteiger partial charge on any atom is 0.0670 e. The van der Waals surface area contributed by atoms with Crippen molar-refractivity contribution in [3.63, 3.8) is 0 Å². The van der Waals surface area contributed by atoms with E-state index in [0.717, 1.165) is 38.9 Å². The van der Waals surface area contributed by atoms with Gasteiger partial charge in [0.25, 0.3) is 0 Å². The Kier molecular flexibility index (Phi) is 7.98. The third kappa shape index (κ3) is 4.04. The van der Waals surface area contributed by atoms with Crippen LogP contribution in [-0.4, -0.2) is 43.3 Å². The molecule has 0 aliphatic heterocycles. The molecule has 0 heterocycles. The number of hydrogen-bond acceptors (Lipinski definition) is 3. The second kappa shape index (κ2) is 8.04. The molecule has 0 fully saturated rings. The fourth-order valence-corrected chi connectivity index (χ4v) is 2.29. The summed E-state index contributed by atoms with van der Waals surface area (Å²) in [5, 5.41) is 0. The first-order valence-electron chi connectivity index (χ1n) is 6.58. The number of methoxy groups -OCH3 is 1. The molecule has 1 unspecified atom stereocenters. The molecule has 0 radical (unpaired) electrons. The van der Waals surface area contributed by atoms with Crippen molar-refractivity contribution >= 4 is 0 Å². The SMILES string of the molecule is CCCN(CC(C)OC)C(CC)(CC)CN. The van der Waals surface area contributed by atoms with Crippen molar-refractivity contribution in [2.45, 2.75) is 58.6 Å². The van der Waals surface area contributed by atoms with Gasteiger partial charge in [-0.3, -0.25) is 4.90 Å². The molecule has 3 heteroatoms. The first-order valence-corrected chi connectivity index (χ1v) is 6.58. The van der Waals surface area contributed by atoms with Gasteiger partial charge in [0.1, 0.15) is 0 Å². The van der Waals surface area contributed by atoms with Gasteiger partial charge < -0.3 is 10.5 Å². The average molecular weight is 230 g/mol. The van der Waals surface area contributed by atoms with E-state index >= 15 is 0 Å². The largest absolute Gasteiger partial charge is 0.380 e. The van der Waals surface area contributed by atoms with Gasteiger partial charge in [-0.2, -0.15) is 0 Å². The molecule has 0 bridgehead atoms. The summed E-state index contributed by atoms with van der Waals surface area (Å²) in [5.41, 5.74) is 6.15. The molecule has 0 aliphatic rings. The van der Waals surface area contributed by atoms with Crippen molar-refractivity contribution in [1.82, 2.24) is 4.90 Å². The van der Waals surface area contributed by atoms with Gasteiger partial charge in [0.2, 0.25) is 0 Å². The Morgan fingerprint density at radius 3 is 2.12 bits per heavy atom. The van der Waals surface area contributed by atoms with Gasteiger partial charge in [-0.05, 0) is 32.7 Å². The quantitative estimate of drug-likeness (QED) is 0.660. The number of hydrogen-bond donors (Lipinski definition) is 1. The third-order valence-corrected chi connectivity index (χ3v) is 3.74. The minimum Gasteiger partial charge on any atom is -0.380 e. The highest BCUT2D eigenvalue weighted by atomic mass is 16.5. The maximum absolute atomic E-state index is 5.99. The van der Waals surface area contributed by atoms with E-state index in [-0.39, 0.29) is 11.6 Å². The van der Waals surface area contributed by atoms with Gasteiger partial charge in [0.15, 0.2) is 0 Å². The Balaban J connectivity index is 4.69. The summed E-state index contributed by atoms with van der Waals surface area (Å²) in [6.07, 6.45) is 3.65. The zero-order valence-electron chi connectivity index (χ0n) is 11.8. The monoisotopic (exact) mass is 230 g/mol. The Hall–Kier alpha value is -0.120. The van der Waals surface area contributed by atoms with Crippen LogP contribution in [-0.2, 0) is 4.74 Å². The van der Waals surface area contributed by atoms with Crippen LogP contribution in [0.15, 0.2) is 0 Å². The fraction of sp³-hybridized carbons (Fsp3) is 1.00. The fourth-order valence-electron chi connectivity index (χ4n) is 2.29. The van der Waals surface area contributed by atoms with Gasteiger partial charge in [-0.1, -0.05) is 20.8 Å². The van der Waals surface area contributed by atoms with E-state index in [1.54, 1.807) is 7.11 Å². The predicted octanol–water partition coefficient (Wildman–Crippen LogP) is 2.25. The van der Waals surface area contributed by atoms with Gasteiger partial charge in [-0.15, -0.1) is 0 Å². The summed E-state index contributed by atoms with van der Waals surface area (Å²) >= 11 is 0. The maximum atomic E-state index is 5.99. The Morgan fingerprint density at radius 1 is 1.25 bits per heavy atom. The Labute approximate surface area is 101 Å². The summed E-state index contributed by atoms with van der Waals surface area (Å²) < 4.78 is 5.37. The molecule has 16 heavy (non-hydrogen) atoms. The number of ether oxygens (including phenoxy) is 1. The van der Waals surface area contributed by atoms with E-state index in [2.05, 4.69) is 32.6 Å². The van der Waals surface area contributed by atoms with Gasteiger partial charge in [-0.25, -0.2) is 0 Å². The highest BCUT2D eigenvalue weighted by Gasteiger charge is 2.32. The molecule has 2 N–H and O–H groups in total. The molecular weight excluding hydrogens is 200 g/mol. The average Bonchev–Trinajstić information content (AvgIpc) is 2.32. The summed E-state index contributed by atoms with van der Waals surface area (Å²) in [4.78, 5) is 2.52. The first kappa shape index (κ1) is 15.9. The predicted molar refractivity (Wildman–Crippen MR) is 70.7 cm³/mol. The van der Waals surface area contributed by atoms with Crippen LogP contribution in [0.2, 0.25) is 0 Å². The van der Waals surface area contributed by atoms with Crippen molar-refractivity contribution in [2.75, 3.05) is 26.7 Å². The second-order valence-electron chi connectivity index (χ2n) is 4.63. The molecule has 0 saturated carbocycles. The number of nitrogens with two attached hydrogens (primary N) is 1. The second-order valence-corrected chi connectivity index (χ2v) is 4.63. The summed E-state index contributed by atoms with van der Waals surface area (Å²) in [6.45, 7) is 11.6. The van der Waals surface area contributed by atoms with Crippen LogP contribution in [0.4, 0.5) is 0 Å². The highest BCUT2D eigenvalue weighted by molar-refractivity contribution is 4.90. The van der Waals surface area contributed by atoms with E-state index in [9.17, 15) is 0 Å². The van der Waals surface area contributed by atoms with Crippen LogP contribution in [0.3, 0.4) is 0 Å². The molecule has 0 aromatic heterocycles. The minimum atomic E-state index is 0.156. The molecule has 0 spiro atoms. The smallest absolute Gasteiger partial charge is 0.0670 e. The molecule has 1 atom stereocenters. The lowest BCUT2D eigenvalue weighted by molar-refractivity contribution is 0.0178. The molecule has 3 nitrogen and oxygen atoms in total. The molecule has 0 aromatic rings. The molecular formula is C13H30N2O. The van der Waals surface area contributed by atoms with E-state index in [1.165, 1.54) is 0 Å². The first-order chi connectivity index (χ1) is 7.60. The topological polar surface area (TPSA) is 38.5 Å². The van der Waals surface area contributed by atoms with Crippen LogP contribution in [0.5, 0.6) is 0 Å². The highest BCUT2D eigenvalue weighted by Crippen LogP contribution is 2.23. The van der Waals surface area contributed by atoms with Crippen LogP contribution in [0.25, 0.3) is 0 Å². The molecule has 0 aromatic carbocycles. The Morgan fingerprint density at radius 2 is 1.81 bits per heavy atom. The van der Waals surface area contributed by atoms with Crippen LogP contribution < -0.4 is 5.73 Å². The van der Waals surface area contributed by atoms with Crippen LogP contribution in [0.1, 0.15) is 47.0 Å². The molecule has 0 amide bonds. The molecule has 0 rings (SSSR count). The van der Waals surface area contributed by atoms with E-state index in [4.69, 9.17) is 10.5 Å². The lowest BCUT2D eigenvalue weighted by atomic mass is 9.90. The van der Waals surface area contributed by atoms with Crippen molar-refractivity contribution in [2.24, 2.45) is 5.73 Å². The lowest BCUT2D eigenvalue weighted by Crippen LogP contribution is -2.55. The van der Waals surface area contributed by atoms with Gasteiger partial charge in [0, 0.05) is 25.7 Å². The molecule has 98 valence electrons. The van der Waals surface area contributed by atoms with Crippen molar-refractivity contribution in [1.29, 1.82) is 0 Å². The van der Waals surface area contributed by atoms with Crippen LogP contribution >= 0.6 is 0 Å². The van der Waals surface area contributed by atoms with Crippen molar-refractivity contribution in [3.8, 4) is 0 Å². The lowest BCUT2D eigenvalue weighted by Gasteiger charge is -2.43. The third-order valence-electron chi connectivity index (χ3n) is 3.74. The van der Waals surface area contributed by atoms with Gasteiger partial charge in [0.05, 0.1) is 6.10 Å². The standard InChI is InChI=1S/C13H30N2O/c1-6-9-15(10-12(4)16-5)13(7-2,8-3)11-14/h12H,6-11,14H2,1-5H3. The van der Waals surface area contributed by atoms with Gasteiger partial charge >= 0.3 is 0 Å². The number of rotatable bonds is 9. The zero-order valence-corrected chi connectivity index (χ0v) is 11.8. The summed E-state index contributed by atoms with van der Waals surface area (Å²) in [5.74, 6) is 0. The van der Waals surface area contributed by atoms with Crippen LogP contribution in [0, 0.1) is 0 Å². The van der Waals surface area contributed by atoms with Crippen molar-refractivity contribution < 1.29 is 4.74 Å². The molecule has 0 saturated heterocycles. The van der Waals surface area contributed by atoms with Crippen molar-refractivity contribution in [3.05, 3.63) is 0 Å². The zero-order chi connectivity index (χ0) is 12.6. The summed E-state index contributed by atoms with van der Waals surface area (Å²) in [6, 6.07) is 0. The number of nitrogens with zero attached hydrogens (tertiary/aromatic N) is 1. The minimum absolute atomic E-state index is 0.156. The molecule has 0 aliphatic carbocycles. The van der Waals surface area contributed by atoms with E-state index in [0.29, 0.717) is 0 Å². The van der Waals surface area contributed by atoms with E-state index in [1.807, 2.05) is 0 Å². The normalized spacial score (nSPS) is 14.4. The summed E-state index contributed by atoms with van der Waals surface area (Å²) in [7, 11) is 1.77. The van der Waals surface area contributed by atoms with E-state index < -0.39 is 0 Å². The Bertz CT molecular complexity index is 161.